The molecule has 0 atom stereocenters. The van der Waals surface area contributed by atoms with Crippen LogP contribution >= 0.6 is 23.2 Å². The van der Waals surface area contributed by atoms with E-state index in [1.165, 1.54) is 20.3 Å². The van der Waals surface area contributed by atoms with Crippen LogP contribution in [0.1, 0.15) is 5.69 Å². The third kappa shape index (κ3) is 2.45. The van der Waals surface area contributed by atoms with E-state index in [1.54, 1.807) is 0 Å². The van der Waals surface area contributed by atoms with Crippen molar-refractivity contribution in [2.75, 3.05) is 14.2 Å². The highest BCUT2D eigenvalue weighted by Crippen LogP contribution is 2.43. The number of methoxy groups -OCH3 is 2. The molecule has 0 N–H and O–H groups in total. The van der Waals surface area contributed by atoms with E-state index in [0.29, 0.717) is 6.07 Å². The van der Waals surface area contributed by atoms with E-state index in [0.717, 1.165) is 0 Å². The first-order valence-corrected chi connectivity index (χ1v) is 6.03. The number of nitrogens with zero attached hydrogens (tertiary/aromatic N) is 1. The number of ether oxygens (including phenoxy) is 2. The number of hydrogen-bond acceptors (Lipinski definition) is 3. The van der Waals surface area contributed by atoms with Crippen molar-refractivity contribution in [2.45, 2.75) is 6.18 Å². The van der Waals surface area contributed by atoms with Gasteiger partial charge in [0.1, 0.15) is 22.7 Å². The van der Waals surface area contributed by atoms with Crippen molar-refractivity contribution >= 4 is 34.1 Å². The number of fused-ring (bicyclic) bond motifs is 1. The summed E-state index contributed by atoms with van der Waals surface area (Å²) in [4.78, 5) is 3.54. The van der Waals surface area contributed by atoms with Gasteiger partial charge in [-0.15, -0.1) is 0 Å². The van der Waals surface area contributed by atoms with Gasteiger partial charge >= 0.3 is 6.18 Å². The molecule has 0 saturated heterocycles. The van der Waals surface area contributed by atoms with E-state index in [4.69, 9.17) is 32.7 Å². The Labute approximate surface area is 122 Å². The number of halogens is 5. The van der Waals surface area contributed by atoms with Crippen LogP contribution in [0.2, 0.25) is 10.0 Å². The zero-order valence-corrected chi connectivity index (χ0v) is 11.8. The monoisotopic (exact) mass is 325 g/mol. The zero-order chi connectivity index (χ0) is 15.1. The molecule has 0 aliphatic heterocycles. The minimum Gasteiger partial charge on any atom is -0.495 e. The van der Waals surface area contributed by atoms with Crippen LogP contribution in [0.15, 0.2) is 12.1 Å². The maximum Gasteiger partial charge on any atom is 0.433 e. The standard InChI is InChI=1S/C12H8Cl2F3NO2/c1-19-6-4-7(20-2)11-9(10(6)14)5(13)3-8(18-11)12(15,16)17/h3-4H,1-2H3. The van der Waals surface area contributed by atoms with Crippen LogP contribution in [0.3, 0.4) is 0 Å². The fourth-order valence-corrected chi connectivity index (χ4v) is 2.38. The second-order valence-corrected chi connectivity index (χ2v) is 4.59. The third-order valence-electron chi connectivity index (χ3n) is 2.63. The molecule has 3 nitrogen and oxygen atoms in total. The molecule has 8 heteroatoms. The molecule has 0 unspecified atom stereocenters. The molecule has 0 amide bonds. The molecule has 0 radical (unpaired) electrons. The molecule has 0 spiro atoms. The highest BCUT2D eigenvalue weighted by Gasteiger charge is 2.34. The van der Waals surface area contributed by atoms with Crippen molar-refractivity contribution in [3.8, 4) is 11.5 Å². The van der Waals surface area contributed by atoms with E-state index in [-0.39, 0.29) is 32.4 Å². The minimum absolute atomic E-state index is 0.0712. The molecule has 20 heavy (non-hydrogen) atoms. The number of benzene rings is 1. The lowest BCUT2D eigenvalue weighted by Crippen LogP contribution is -2.08. The van der Waals surface area contributed by atoms with Crippen LogP contribution < -0.4 is 9.47 Å². The summed E-state index contributed by atoms with van der Waals surface area (Å²) in [7, 11) is 2.68. The molecule has 108 valence electrons. The normalized spacial score (nSPS) is 11.8. The number of pyridine rings is 1. The van der Waals surface area contributed by atoms with Crippen LogP contribution in [0, 0.1) is 0 Å². The Kier molecular flexibility index (Phi) is 3.88. The predicted octanol–water partition coefficient (Wildman–Crippen LogP) is 4.58. The number of hydrogen-bond donors (Lipinski definition) is 0. The predicted molar refractivity (Wildman–Crippen MR) is 69.9 cm³/mol. The van der Waals surface area contributed by atoms with Crippen LogP contribution in [0.4, 0.5) is 13.2 Å². The van der Waals surface area contributed by atoms with Gasteiger partial charge in [-0.1, -0.05) is 23.2 Å². The number of alkyl halides is 3. The highest BCUT2D eigenvalue weighted by molar-refractivity contribution is 6.43. The molecule has 1 heterocycles. The summed E-state index contributed by atoms with van der Waals surface area (Å²) in [5.41, 5.74) is -1.19. The van der Waals surface area contributed by atoms with Crippen molar-refractivity contribution < 1.29 is 22.6 Å². The first-order valence-electron chi connectivity index (χ1n) is 5.27. The molecule has 1 aromatic carbocycles. The van der Waals surface area contributed by atoms with Crippen LogP contribution in [0.5, 0.6) is 11.5 Å². The fraction of sp³-hybridized carbons (Fsp3) is 0.250. The first kappa shape index (κ1) is 15.0. The van der Waals surface area contributed by atoms with Crippen LogP contribution in [-0.2, 0) is 6.18 Å². The van der Waals surface area contributed by atoms with Gasteiger partial charge in [0.15, 0.2) is 0 Å². The molecule has 1 aromatic heterocycles. The molecule has 0 saturated carbocycles. The van der Waals surface area contributed by atoms with Crippen LogP contribution in [0.25, 0.3) is 10.9 Å². The maximum absolute atomic E-state index is 12.8. The maximum atomic E-state index is 12.8. The number of rotatable bonds is 2. The summed E-state index contributed by atoms with van der Waals surface area (Å²) in [5.74, 6) is 0.328. The van der Waals surface area contributed by atoms with E-state index in [2.05, 4.69) is 4.98 Å². The number of aromatic nitrogens is 1. The Balaban J connectivity index is 2.90. The molecular formula is C12H8Cl2F3NO2. The first-order chi connectivity index (χ1) is 9.29. The Morgan fingerprint density at radius 3 is 2.15 bits per heavy atom. The summed E-state index contributed by atoms with van der Waals surface area (Å²) in [6.45, 7) is 0. The Hall–Kier alpha value is -1.40. The Bertz CT molecular complexity index is 674. The summed E-state index contributed by atoms with van der Waals surface area (Å²) < 4.78 is 48.3. The zero-order valence-electron chi connectivity index (χ0n) is 10.3. The van der Waals surface area contributed by atoms with E-state index in [1.807, 2.05) is 0 Å². The van der Waals surface area contributed by atoms with Crippen molar-refractivity contribution in [3.63, 3.8) is 0 Å². The van der Waals surface area contributed by atoms with Crippen molar-refractivity contribution in [2.24, 2.45) is 0 Å². The van der Waals surface area contributed by atoms with E-state index < -0.39 is 11.9 Å². The molecule has 2 rings (SSSR count). The molecule has 0 fully saturated rings. The molecular weight excluding hydrogens is 318 g/mol. The summed E-state index contributed by atoms with van der Waals surface area (Å²) in [6, 6.07) is 2.07. The molecule has 0 aliphatic carbocycles. The van der Waals surface area contributed by atoms with Gasteiger partial charge in [0.25, 0.3) is 0 Å². The summed E-state index contributed by atoms with van der Waals surface area (Å²) >= 11 is 12.0. The average molecular weight is 326 g/mol. The smallest absolute Gasteiger partial charge is 0.433 e. The lowest BCUT2D eigenvalue weighted by Gasteiger charge is -2.14. The van der Waals surface area contributed by atoms with Gasteiger partial charge in [0.2, 0.25) is 0 Å². The molecule has 2 aromatic rings. The van der Waals surface area contributed by atoms with Gasteiger partial charge in [-0.2, -0.15) is 13.2 Å². The third-order valence-corrected chi connectivity index (χ3v) is 3.31. The highest BCUT2D eigenvalue weighted by atomic mass is 35.5. The lowest BCUT2D eigenvalue weighted by molar-refractivity contribution is -0.140. The van der Waals surface area contributed by atoms with Gasteiger partial charge in [-0.3, -0.25) is 0 Å². The largest absolute Gasteiger partial charge is 0.495 e. The molecule has 0 aliphatic rings. The topological polar surface area (TPSA) is 31.4 Å². The van der Waals surface area contributed by atoms with Crippen molar-refractivity contribution in [1.82, 2.24) is 4.98 Å². The van der Waals surface area contributed by atoms with Gasteiger partial charge in [-0.25, -0.2) is 4.98 Å². The fourth-order valence-electron chi connectivity index (χ4n) is 1.72. The van der Waals surface area contributed by atoms with E-state index >= 15 is 0 Å². The average Bonchev–Trinajstić information content (AvgIpc) is 2.37. The van der Waals surface area contributed by atoms with E-state index in [9.17, 15) is 13.2 Å². The summed E-state index contributed by atoms with van der Waals surface area (Å²) in [5, 5.41) is 0.0524. The van der Waals surface area contributed by atoms with Crippen molar-refractivity contribution in [3.05, 3.63) is 27.9 Å². The second kappa shape index (κ2) is 5.18. The van der Waals surface area contributed by atoms with Gasteiger partial charge < -0.3 is 9.47 Å². The van der Waals surface area contributed by atoms with Gasteiger partial charge in [0, 0.05) is 11.5 Å². The van der Waals surface area contributed by atoms with Gasteiger partial charge in [0.05, 0.1) is 24.3 Å². The Morgan fingerprint density at radius 1 is 1.05 bits per heavy atom. The molecule has 0 bridgehead atoms. The second-order valence-electron chi connectivity index (χ2n) is 3.81. The van der Waals surface area contributed by atoms with Crippen molar-refractivity contribution in [1.29, 1.82) is 0 Å². The SMILES string of the molecule is COc1cc(OC)c2nc(C(F)(F)F)cc(Cl)c2c1Cl. The van der Waals surface area contributed by atoms with Gasteiger partial charge in [-0.05, 0) is 6.07 Å². The quantitative estimate of drug-likeness (QED) is 0.810. The van der Waals surface area contributed by atoms with Crippen LogP contribution in [-0.4, -0.2) is 19.2 Å². The minimum atomic E-state index is -4.62. The summed E-state index contributed by atoms with van der Waals surface area (Å²) in [6.07, 6.45) is -4.62. The lowest BCUT2D eigenvalue weighted by atomic mass is 10.1. The Morgan fingerprint density at radius 2 is 1.65 bits per heavy atom.